The molecule has 0 aliphatic carbocycles. The van der Waals surface area contributed by atoms with Gasteiger partial charge in [-0.25, -0.2) is 0 Å². The molecule has 0 bridgehead atoms. The minimum atomic E-state index is 0.509. The summed E-state index contributed by atoms with van der Waals surface area (Å²) in [5, 5.41) is 0. The van der Waals surface area contributed by atoms with Crippen molar-refractivity contribution in [1.29, 1.82) is 0 Å². The highest BCUT2D eigenvalue weighted by atomic mass is 16.5. The van der Waals surface area contributed by atoms with E-state index in [4.69, 9.17) is 4.74 Å². The van der Waals surface area contributed by atoms with Gasteiger partial charge in [0.05, 0.1) is 7.11 Å². The molecule has 0 heterocycles. The van der Waals surface area contributed by atoms with Crippen LogP contribution in [-0.2, 0) is 4.74 Å². The third-order valence-electron chi connectivity index (χ3n) is 1.76. The van der Waals surface area contributed by atoms with Crippen molar-refractivity contribution in [3.05, 3.63) is 42.0 Å². The highest BCUT2D eigenvalue weighted by Crippen LogP contribution is 2.16. The Balaban J connectivity index is 2.91. The van der Waals surface area contributed by atoms with Gasteiger partial charge in [-0.1, -0.05) is 44.2 Å². The lowest BCUT2D eigenvalue weighted by molar-refractivity contribution is 0.367. The average molecular weight is 176 g/mol. The molecule has 0 radical (unpaired) electrons. The fourth-order valence-corrected chi connectivity index (χ4v) is 1.19. The van der Waals surface area contributed by atoms with Crippen LogP contribution in [0.3, 0.4) is 0 Å². The maximum atomic E-state index is 5.31. The first-order chi connectivity index (χ1) is 6.24. The molecule has 0 atom stereocenters. The second kappa shape index (κ2) is 4.70. The van der Waals surface area contributed by atoms with Crippen LogP contribution in [0.4, 0.5) is 0 Å². The first kappa shape index (κ1) is 9.85. The van der Waals surface area contributed by atoms with Crippen LogP contribution in [-0.4, -0.2) is 7.11 Å². The van der Waals surface area contributed by atoms with E-state index in [1.54, 1.807) is 7.11 Å². The monoisotopic (exact) mass is 176 g/mol. The van der Waals surface area contributed by atoms with E-state index in [1.807, 2.05) is 18.2 Å². The molecule has 0 aliphatic rings. The summed E-state index contributed by atoms with van der Waals surface area (Å²) < 4.78 is 5.31. The molecule has 1 rings (SSSR count). The molecule has 0 saturated carbocycles. The van der Waals surface area contributed by atoms with Crippen molar-refractivity contribution in [2.45, 2.75) is 13.8 Å². The third-order valence-corrected chi connectivity index (χ3v) is 1.76. The second-order valence-electron chi connectivity index (χ2n) is 3.35. The van der Waals surface area contributed by atoms with E-state index in [1.165, 1.54) is 0 Å². The molecular formula is C12H16O. The fraction of sp³-hybridized carbons (Fsp3) is 0.333. The van der Waals surface area contributed by atoms with E-state index in [9.17, 15) is 0 Å². The lowest BCUT2D eigenvalue weighted by Gasteiger charge is -2.07. The number of hydrogen-bond donors (Lipinski definition) is 0. The number of hydrogen-bond acceptors (Lipinski definition) is 1. The number of ether oxygens (including phenoxy) is 1. The van der Waals surface area contributed by atoms with Crippen molar-refractivity contribution in [2.24, 2.45) is 5.92 Å². The molecule has 13 heavy (non-hydrogen) atoms. The molecule has 70 valence electrons. The Morgan fingerprint density at radius 2 is 1.85 bits per heavy atom. The van der Waals surface area contributed by atoms with Gasteiger partial charge in [0.1, 0.15) is 5.76 Å². The number of benzene rings is 1. The standard InChI is InChI=1S/C12H16O/c1-10(2)9-12(13-3)11-7-5-4-6-8-11/h4-10H,1-3H3/b12-9+. The maximum Gasteiger partial charge on any atom is 0.122 e. The molecule has 1 aromatic carbocycles. The predicted octanol–water partition coefficient (Wildman–Crippen LogP) is 3.33. The van der Waals surface area contributed by atoms with Crippen LogP contribution in [0, 0.1) is 5.92 Å². The summed E-state index contributed by atoms with van der Waals surface area (Å²) in [4.78, 5) is 0. The van der Waals surface area contributed by atoms with Crippen molar-refractivity contribution in [1.82, 2.24) is 0 Å². The topological polar surface area (TPSA) is 9.23 Å². The summed E-state index contributed by atoms with van der Waals surface area (Å²) in [5.41, 5.74) is 1.14. The molecule has 0 N–H and O–H groups in total. The molecule has 1 heteroatoms. The molecule has 1 aromatic rings. The van der Waals surface area contributed by atoms with Gasteiger partial charge in [0.15, 0.2) is 0 Å². The largest absolute Gasteiger partial charge is 0.496 e. The van der Waals surface area contributed by atoms with Gasteiger partial charge in [0.2, 0.25) is 0 Å². The zero-order chi connectivity index (χ0) is 9.68. The highest BCUT2D eigenvalue weighted by Gasteiger charge is 2.00. The van der Waals surface area contributed by atoms with Crippen LogP contribution in [0.25, 0.3) is 5.76 Å². The van der Waals surface area contributed by atoms with Gasteiger partial charge in [-0.15, -0.1) is 0 Å². The summed E-state index contributed by atoms with van der Waals surface area (Å²) in [6.45, 7) is 4.28. The summed E-state index contributed by atoms with van der Waals surface area (Å²) in [5.74, 6) is 1.46. The van der Waals surface area contributed by atoms with Gasteiger partial charge < -0.3 is 4.74 Å². The molecule has 0 aliphatic heterocycles. The van der Waals surface area contributed by atoms with E-state index in [0.29, 0.717) is 5.92 Å². The number of rotatable bonds is 3. The van der Waals surface area contributed by atoms with E-state index in [-0.39, 0.29) is 0 Å². The number of allylic oxidation sites excluding steroid dienone is 1. The minimum Gasteiger partial charge on any atom is -0.496 e. The molecule has 0 saturated heterocycles. The Morgan fingerprint density at radius 1 is 1.23 bits per heavy atom. The van der Waals surface area contributed by atoms with Gasteiger partial charge in [-0.3, -0.25) is 0 Å². The van der Waals surface area contributed by atoms with E-state index in [2.05, 4.69) is 32.1 Å². The second-order valence-corrected chi connectivity index (χ2v) is 3.35. The van der Waals surface area contributed by atoms with Crippen LogP contribution in [0.15, 0.2) is 36.4 Å². The SMILES string of the molecule is CO/C(=C/C(C)C)c1ccccc1. The summed E-state index contributed by atoms with van der Waals surface area (Å²) >= 11 is 0. The average Bonchev–Trinajstić information content (AvgIpc) is 2.15. The quantitative estimate of drug-likeness (QED) is 0.642. The highest BCUT2D eigenvalue weighted by molar-refractivity contribution is 5.59. The zero-order valence-corrected chi connectivity index (χ0v) is 8.45. The molecule has 1 nitrogen and oxygen atoms in total. The van der Waals surface area contributed by atoms with Crippen LogP contribution < -0.4 is 0 Å². The van der Waals surface area contributed by atoms with Crippen molar-refractivity contribution in [2.75, 3.05) is 7.11 Å². The van der Waals surface area contributed by atoms with Crippen molar-refractivity contribution < 1.29 is 4.74 Å². The lowest BCUT2D eigenvalue weighted by Crippen LogP contribution is -1.90. The fourth-order valence-electron chi connectivity index (χ4n) is 1.19. The number of methoxy groups -OCH3 is 1. The summed E-state index contributed by atoms with van der Waals surface area (Å²) in [7, 11) is 1.71. The first-order valence-electron chi connectivity index (χ1n) is 4.55. The molecule has 0 unspecified atom stereocenters. The zero-order valence-electron chi connectivity index (χ0n) is 8.45. The molecule has 0 fully saturated rings. The molecule has 0 spiro atoms. The van der Waals surface area contributed by atoms with Crippen molar-refractivity contribution in [3.8, 4) is 0 Å². The first-order valence-corrected chi connectivity index (χ1v) is 4.55. The van der Waals surface area contributed by atoms with E-state index < -0.39 is 0 Å². The van der Waals surface area contributed by atoms with Crippen LogP contribution >= 0.6 is 0 Å². The van der Waals surface area contributed by atoms with Crippen molar-refractivity contribution >= 4 is 5.76 Å². The summed E-state index contributed by atoms with van der Waals surface area (Å²) in [6.07, 6.45) is 2.12. The smallest absolute Gasteiger partial charge is 0.122 e. The normalized spacial score (nSPS) is 11.8. The van der Waals surface area contributed by atoms with Gasteiger partial charge in [0, 0.05) is 5.56 Å². The van der Waals surface area contributed by atoms with Crippen molar-refractivity contribution in [3.63, 3.8) is 0 Å². The Kier molecular flexibility index (Phi) is 3.56. The Labute approximate surface area is 80.0 Å². The van der Waals surface area contributed by atoms with E-state index in [0.717, 1.165) is 11.3 Å². The van der Waals surface area contributed by atoms with Gasteiger partial charge >= 0.3 is 0 Å². The third kappa shape index (κ3) is 2.94. The van der Waals surface area contributed by atoms with Crippen LogP contribution in [0.2, 0.25) is 0 Å². The molecule has 0 amide bonds. The van der Waals surface area contributed by atoms with Crippen LogP contribution in [0.1, 0.15) is 19.4 Å². The van der Waals surface area contributed by atoms with Gasteiger partial charge in [-0.05, 0) is 12.0 Å². The van der Waals surface area contributed by atoms with Gasteiger partial charge in [0.25, 0.3) is 0 Å². The molecular weight excluding hydrogens is 160 g/mol. The lowest BCUT2D eigenvalue weighted by atomic mass is 10.1. The van der Waals surface area contributed by atoms with Crippen LogP contribution in [0.5, 0.6) is 0 Å². The van der Waals surface area contributed by atoms with Gasteiger partial charge in [-0.2, -0.15) is 0 Å². The Morgan fingerprint density at radius 3 is 2.31 bits per heavy atom. The molecule has 0 aromatic heterocycles. The predicted molar refractivity (Wildman–Crippen MR) is 56.3 cm³/mol. The Hall–Kier alpha value is -1.24. The minimum absolute atomic E-state index is 0.509. The Bertz CT molecular complexity index is 272. The van der Waals surface area contributed by atoms with E-state index >= 15 is 0 Å². The maximum absolute atomic E-state index is 5.31. The summed E-state index contributed by atoms with van der Waals surface area (Å²) in [6, 6.07) is 10.1.